The van der Waals surface area contributed by atoms with Gasteiger partial charge in [0.05, 0.1) is 9.82 Å². The number of ether oxygens (including phenoxy) is 1. The third kappa shape index (κ3) is 4.28. The minimum Gasteiger partial charge on any atom is -0.450 e. The van der Waals surface area contributed by atoms with Gasteiger partial charge in [-0.2, -0.15) is 4.31 Å². The fourth-order valence-electron chi connectivity index (χ4n) is 2.26. The number of benzene rings is 2. The first-order valence-corrected chi connectivity index (χ1v) is 9.33. The van der Waals surface area contributed by atoms with Gasteiger partial charge < -0.3 is 4.74 Å². The molecule has 0 aromatic heterocycles. The van der Waals surface area contributed by atoms with E-state index in [1.807, 2.05) is 0 Å². The number of nitro groups is 1. The summed E-state index contributed by atoms with van der Waals surface area (Å²) in [4.78, 5) is 10.5. The fraction of sp³-hybridized carbons (Fsp3) is 0.250. The lowest BCUT2D eigenvalue weighted by Gasteiger charge is -2.18. The maximum atomic E-state index is 12.5. The van der Waals surface area contributed by atoms with E-state index in [0.29, 0.717) is 10.8 Å². The van der Waals surface area contributed by atoms with E-state index in [1.54, 1.807) is 32.0 Å². The number of halogens is 1. The van der Waals surface area contributed by atoms with Crippen LogP contribution in [0.4, 0.5) is 5.69 Å². The summed E-state index contributed by atoms with van der Waals surface area (Å²) < 4.78 is 31.8. The van der Waals surface area contributed by atoms with Gasteiger partial charge in [-0.05, 0) is 30.3 Å². The molecule has 0 fully saturated rings. The van der Waals surface area contributed by atoms with Gasteiger partial charge >= 0.3 is 5.69 Å². The van der Waals surface area contributed by atoms with Crippen LogP contribution < -0.4 is 4.74 Å². The Labute approximate surface area is 151 Å². The zero-order chi connectivity index (χ0) is 18.6. The minimum absolute atomic E-state index is 0.0641. The van der Waals surface area contributed by atoms with Crippen LogP contribution >= 0.6 is 11.6 Å². The Kier molecular flexibility index (Phi) is 5.99. The van der Waals surface area contributed by atoms with Gasteiger partial charge in [-0.25, -0.2) is 8.42 Å². The van der Waals surface area contributed by atoms with Crippen molar-refractivity contribution >= 4 is 27.3 Å². The lowest BCUT2D eigenvalue weighted by molar-refractivity contribution is -0.385. The van der Waals surface area contributed by atoms with Crippen LogP contribution in [0.1, 0.15) is 13.8 Å². The van der Waals surface area contributed by atoms with Crippen molar-refractivity contribution in [2.75, 3.05) is 13.1 Å². The molecule has 0 aliphatic rings. The van der Waals surface area contributed by atoms with Crippen molar-refractivity contribution in [2.45, 2.75) is 18.7 Å². The van der Waals surface area contributed by atoms with Gasteiger partial charge in [0.2, 0.25) is 15.8 Å². The van der Waals surface area contributed by atoms with Crippen molar-refractivity contribution in [1.82, 2.24) is 4.31 Å². The second-order valence-electron chi connectivity index (χ2n) is 5.04. The second-order valence-corrected chi connectivity index (χ2v) is 7.41. The minimum atomic E-state index is -3.80. The van der Waals surface area contributed by atoms with E-state index in [9.17, 15) is 18.5 Å². The molecule has 134 valence electrons. The maximum absolute atomic E-state index is 12.5. The van der Waals surface area contributed by atoms with Gasteiger partial charge in [0.15, 0.2) is 0 Å². The van der Waals surface area contributed by atoms with E-state index in [2.05, 4.69) is 0 Å². The molecule has 2 aromatic rings. The Morgan fingerprint density at radius 2 is 1.84 bits per heavy atom. The fourth-order valence-corrected chi connectivity index (χ4v) is 3.92. The lowest BCUT2D eigenvalue weighted by Crippen LogP contribution is -2.30. The summed E-state index contributed by atoms with van der Waals surface area (Å²) in [7, 11) is -3.80. The first kappa shape index (κ1) is 19.2. The molecule has 2 aromatic carbocycles. The lowest BCUT2D eigenvalue weighted by atomic mass is 10.3. The average molecular weight is 385 g/mol. The highest BCUT2D eigenvalue weighted by Crippen LogP contribution is 2.34. The third-order valence-corrected chi connectivity index (χ3v) is 5.78. The van der Waals surface area contributed by atoms with Crippen molar-refractivity contribution in [1.29, 1.82) is 0 Å². The first-order chi connectivity index (χ1) is 11.8. The summed E-state index contributed by atoms with van der Waals surface area (Å²) in [5.74, 6) is 0.251. The largest absolute Gasteiger partial charge is 0.450 e. The van der Waals surface area contributed by atoms with Gasteiger partial charge in [0.25, 0.3) is 0 Å². The summed E-state index contributed by atoms with van der Waals surface area (Å²) in [5.41, 5.74) is -0.437. The number of rotatable bonds is 7. The highest BCUT2D eigenvalue weighted by atomic mass is 35.5. The predicted molar refractivity (Wildman–Crippen MR) is 94.7 cm³/mol. The molecule has 0 amide bonds. The van der Waals surface area contributed by atoms with Gasteiger partial charge in [0.1, 0.15) is 5.75 Å². The molecule has 25 heavy (non-hydrogen) atoms. The van der Waals surface area contributed by atoms with Crippen LogP contribution in [0.3, 0.4) is 0 Å². The van der Waals surface area contributed by atoms with Gasteiger partial charge in [0, 0.05) is 24.2 Å². The average Bonchev–Trinajstić information content (AvgIpc) is 2.55. The van der Waals surface area contributed by atoms with Gasteiger partial charge in [-0.15, -0.1) is 0 Å². The smallest absolute Gasteiger partial charge is 0.312 e. The Hall–Kier alpha value is -2.16. The predicted octanol–water partition coefficient (Wildman–Crippen LogP) is 4.07. The Balaban J connectivity index is 2.46. The van der Waals surface area contributed by atoms with Crippen molar-refractivity contribution in [2.24, 2.45) is 0 Å². The molecule has 0 aliphatic carbocycles. The molecule has 0 unspecified atom stereocenters. The van der Waals surface area contributed by atoms with Crippen LogP contribution in [0.2, 0.25) is 5.02 Å². The molecule has 0 radical (unpaired) electrons. The zero-order valence-corrected chi connectivity index (χ0v) is 15.2. The van der Waals surface area contributed by atoms with E-state index < -0.39 is 20.6 Å². The molecule has 9 heteroatoms. The summed E-state index contributed by atoms with van der Waals surface area (Å²) in [6, 6.07) is 9.96. The number of hydrogen-bond donors (Lipinski definition) is 0. The molecule has 0 saturated carbocycles. The van der Waals surface area contributed by atoms with E-state index in [0.717, 1.165) is 6.07 Å². The second kappa shape index (κ2) is 7.81. The summed E-state index contributed by atoms with van der Waals surface area (Å²) >= 11 is 5.87. The zero-order valence-electron chi connectivity index (χ0n) is 13.7. The van der Waals surface area contributed by atoms with E-state index in [-0.39, 0.29) is 23.7 Å². The SMILES string of the molecule is CCN(CC)S(=O)(=O)c1ccc(Oc2cccc(Cl)c2)c([N+](=O)[O-])c1. The van der Waals surface area contributed by atoms with E-state index >= 15 is 0 Å². The number of nitro benzene ring substituents is 1. The highest BCUT2D eigenvalue weighted by Gasteiger charge is 2.26. The molecule has 0 bridgehead atoms. The molecule has 2 rings (SSSR count). The highest BCUT2D eigenvalue weighted by molar-refractivity contribution is 7.89. The summed E-state index contributed by atoms with van der Waals surface area (Å²) in [5, 5.41) is 11.8. The van der Waals surface area contributed by atoms with Crippen molar-refractivity contribution in [3.63, 3.8) is 0 Å². The van der Waals surface area contributed by atoms with Crippen molar-refractivity contribution in [3.8, 4) is 11.5 Å². The van der Waals surface area contributed by atoms with Crippen LogP contribution in [-0.2, 0) is 10.0 Å². The molecular formula is C16H17ClN2O5S. The Morgan fingerprint density at radius 3 is 2.40 bits per heavy atom. The monoisotopic (exact) mass is 384 g/mol. The molecule has 0 heterocycles. The topological polar surface area (TPSA) is 89.8 Å². The van der Waals surface area contributed by atoms with E-state index in [1.165, 1.54) is 22.5 Å². The van der Waals surface area contributed by atoms with Gasteiger partial charge in [-0.1, -0.05) is 31.5 Å². The molecular weight excluding hydrogens is 368 g/mol. The molecule has 0 N–H and O–H groups in total. The Bertz CT molecular complexity index is 882. The normalized spacial score (nSPS) is 11.5. The standard InChI is InChI=1S/C16H17ClN2O5S/c1-3-18(4-2)25(22,23)14-8-9-16(15(11-14)19(20)21)24-13-7-5-6-12(17)10-13/h5-11H,3-4H2,1-2H3. The van der Waals surface area contributed by atoms with Crippen molar-refractivity contribution in [3.05, 3.63) is 57.6 Å². The molecule has 0 aliphatic heterocycles. The van der Waals surface area contributed by atoms with Gasteiger partial charge in [-0.3, -0.25) is 10.1 Å². The number of sulfonamides is 1. The first-order valence-electron chi connectivity index (χ1n) is 7.51. The van der Waals surface area contributed by atoms with Crippen LogP contribution in [0.15, 0.2) is 47.4 Å². The van der Waals surface area contributed by atoms with Crippen LogP contribution in [-0.4, -0.2) is 30.7 Å². The van der Waals surface area contributed by atoms with Crippen LogP contribution in [0.5, 0.6) is 11.5 Å². The molecule has 0 spiro atoms. The molecule has 0 atom stereocenters. The van der Waals surface area contributed by atoms with E-state index in [4.69, 9.17) is 16.3 Å². The third-order valence-electron chi connectivity index (χ3n) is 3.49. The Morgan fingerprint density at radius 1 is 1.16 bits per heavy atom. The molecule has 0 saturated heterocycles. The van der Waals surface area contributed by atoms with Crippen LogP contribution in [0.25, 0.3) is 0 Å². The quantitative estimate of drug-likeness (QED) is 0.530. The summed E-state index contributed by atoms with van der Waals surface area (Å²) in [6.45, 7) is 3.94. The maximum Gasteiger partial charge on any atom is 0.312 e. The summed E-state index contributed by atoms with van der Waals surface area (Å²) in [6.07, 6.45) is 0. The number of hydrogen-bond acceptors (Lipinski definition) is 5. The van der Waals surface area contributed by atoms with Crippen molar-refractivity contribution < 1.29 is 18.1 Å². The molecule has 7 nitrogen and oxygen atoms in total. The van der Waals surface area contributed by atoms with Crippen LogP contribution in [0, 0.1) is 10.1 Å². The number of nitrogens with zero attached hydrogens (tertiary/aromatic N) is 2.